The molecule has 1 fully saturated rings. The first-order chi connectivity index (χ1) is 14.4. The van der Waals surface area contributed by atoms with Gasteiger partial charge in [0.15, 0.2) is 18.1 Å². The summed E-state index contributed by atoms with van der Waals surface area (Å²) in [6, 6.07) is 11.7. The number of phenolic OH excluding ortho intramolecular Hbond substituents is 1. The van der Waals surface area contributed by atoms with Crippen molar-refractivity contribution in [1.29, 1.82) is 0 Å². The summed E-state index contributed by atoms with van der Waals surface area (Å²) in [5.41, 5.74) is 1.66. The third kappa shape index (κ3) is 6.23. The van der Waals surface area contributed by atoms with Crippen LogP contribution in [0.1, 0.15) is 35.2 Å². The third-order valence-electron chi connectivity index (χ3n) is 4.55. The number of hydrogen-bond acceptors (Lipinski definition) is 6. The minimum absolute atomic E-state index is 0.00390. The highest BCUT2D eigenvalue weighted by atomic mass is 16.5. The van der Waals surface area contributed by atoms with Gasteiger partial charge in [-0.2, -0.15) is 0 Å². The number of esters is 1. The van der Waals surface area contributed by atoms with E-state index in [1.807, 2.05) is 0 Å². The number of benzene rings is 2. The summed E-state index contributed by atoms with van der Waals surface area (Å²) >= 11 is 0. The molecule has 8 heteroatoms. The average molecular weight is 412 g/mol. The highest BCUT2D eigenvalue weighted by Crippen LogP contribution is 2.26. The predicted molar refractivity (Wildman–Crippen MR) is 109 cm³/mol. The van der Waals surface area contributed by atoms with Crippen LogP contribution in [0.5, 0.6) is 11.5 Å². The van der Waals surface area contributed by atoms with Crippen molar-refractivity contribution in [3.63, 3.8) is 0 Å². The van der Waals surface area contributed by atoms with Gasteiger partial charge in [0.2, 0.25) is 0 Å². The van der Waals surface area contributed by atoms with Crippen LogP contribution in [0, 0.1) is 0 Å². The molecule has 3 rings (SSSR count). The number of nitrogens with one attached hydrogen (secondary N) is 2. The molecular weight excluding hydrogens is 388 g/mol. The summed E-state index contributed by atoms with van der Waals surface area (Å²) in [4.78, 5) is 36.0. The van der Waals surface area contributed by atoms with Gasteiger partial charge >= 0.3 is 5.97 Å². The fraction of sp³-hybridized carbons (Fsp3) is 0.318. The molecular formula is C22H24N2O6. The Balaban J connectivity index is 1.42. The average Bonchev–Trinajstić information content (AvgIpc) is 3.55. The molecule has 0 atom stereocenters. The number of ether oxygens (including phenoxy) is 2. The summed E-state index contributed by atoms with van der Waals surface area (Å²) in [7, 11) is 1.45. The Bertz CT molecular complexity index is 939. The smallest absolute Gasteiger partial charge is 0.306 e. The fourth-order valence-electron chi connectivity index (χ4n) is 2.79. The van der Waals surface area contributed by atoms with Crippen molar-refractivity contribution in [2.24, 2.45) is 0 Å². The minimum atomic E-state index is -0.530. The van der Waals surface area contributed by atoms with Crippen molar-refractivity contribution < 1.29 is 29.0 Å². The van der Waals surface area contributed by atoms with E-state index in [-0.39, 0.29) is 24.1 Å². The molecule has 0 aliphatic heterocycles. The Morgan fingerprint density at radius 3 is 2.63 bits per heavy atom. The van der Waals surface area contributed by atoms with Crippen molar-refractivity contribution in [2.45, 2.75) is 31.7 Å². The number of phenols is 1. The van der Waals surface area contributed by atoms with E-state index in [4.69, 9.17) is 9.47 Å². The lowest BCUT2D eigenvalue weighted by atomic mass is 10.1. The highest BCUT2D eigenvalue weighted by molar-refractivity contribution is 5.98. The van der Waals surface area contributed by atoms with E-state index < -0.39 is 18.5 Å². The molecule has 0 spiro atoms. The number of hydrogen-bond donors (Lipinski definition) is 3. The van der Waals surface area contributed by atoms with Crippen LogP contribution in [0.15, 0.2) is 42.5 Å². The zero-order valence-electron chi connectivity index (χ0n) is 16.6. The molecule has 0 heterocycles. The first-order valence-corrected chi connectivity index (χ1v) is 9.67. The molecule has 0 bridgehead atoms. The normalized spacial score (nSPS) is 12.7. The van der Waals surface area contributed by atoms with Crippen LogP contribution in [-0.2, 0) is 20.7 Å². The molecule has 2 aromatic rings. The lowest BCUT2D eigenvalue weighted by Crippen LogP contribution is -2.25. The number of carbonyl (C=O) groups excluding carboxylic acids is 3. The number of carbonyl (C=O) groups is 3. The Labute approximate surface area is 174 Å². The SMILES string of the molecule is COc1ccc(CCC(=O)OCC(=O)Nc2cccc(C(=O)NC3CC3)c2)cc1O. The van der Waals surface area contributed by atoms with Crippen molar-refractivity contribution in [3.8, 4) is 11.5 Å². The van der Waals surface area contributed by atoms with Gasteiger partial charge in [0, 0.05) is 23.7 Å². The zero-order chi connectivity index (χ0) is 21.5. The van der Waals surface area contributed by atoms with Crippen LogP contribution < -0.4 is 15.4 Å². The molecule has 0 aromatic heterocycles. The maximum absolute atomic E-state index is 12.1. The minimum Gasteiger partial charge on any atom is -0.504 e. The van der Waals surface area contributed by atoms with Crippen molar-refractivity contribution >= 4 is 23.5 Å². The number of aryl methyl sites for hydroxylation is 1. The van der Waals surface area contributed by atoms with Gasteiger partial charge in [-0.15, -0.1) is 0 Å². The van der Waals surface area contributed by atoms with E-state index in [0.717, 1.165) is 18.4 Å². The second kappa shape index (κ2) is 9.78. The molecule has 158 valence electrons. The fourth-order valence-corrected chi connectivity index (χ4v) is 2.79. The second-order valence-corrected chi connectivity index (χ2v) is 7.04. The lowest BCUT2D eigenvalue weighted by Gasteiger charge is -2.09. The molecule has 30 heavy (non-hydrogen) atoms. The van der Waals surface area contributed by atoms with E-state index in [1.165, 1.54) is 13.2 Å². The molecule has 1 aliphatic carbocycles. The van der Waals surface area contributed by atoms with Gasteiger partial charge < -0.3 is 25.2 Å². The molecule has 0 radical (unpaired) electrons. The quantitative estimate of drug-likeness (QED) is 0.545. The maximum Gasteiger partial charge on any atom is 0.306 e. The first-order valence-electron chi connectivity index (χ1n) is 9.67. The van der Waals surface area contributed by atoms with E-state index in [9.17, 15) is 19.5 Å². The van der Waals surface area contributed by atoms with Crippen LogP contribution in [0.2, 0.25) is 0 Å². The molecule has 1 aliphatic rings. The zero-order valence-corrected chi connectivity index (χ0v) is 16.6. The number of amides is 2. The molecule has 0 unspecified atom stereocenters. The summed E-state index contributed by atoms with van der Waals surface area (Å²) in [5, 5.41) is 15.3. The number of anilines is 1. The van der Waals surface area contributed by atoms with Crippen molar-refractivity contribution in [1.82, 2.24) is 5.32 Å². The van der Waals surface area contributed by atoms with Crippen LogP contribution in [0.25, 0.3) is 0 Å². The highest BCUT2D eigenvalue weighted by Gasteiger charge is 2.23. The van der Waals surface area contributed by atoms with E-state index in [1.54, 1.807) is 36.4 Å². The van der Waals surface area contributed by atoms with Crippen molar-refractivity contribution in [2.75, 3.05) is 19.0 Å². The van der Waals surface area contributed by atoms with Gasteiger partial charge in [0.25, 0.3) is 11.8 Å². The standard InChI is InChI=1S/C22H24N2O6/c1-29-19-9-5-14(11-18(19)25)6-10-21(27)30-13-20(26)23-17-4-2-3-15(12-17)22(28)24-16-7-8-16/h2-5,9,11-12,16,25H,6-8,10,13H2,1H3,(H,23,26)(H,24,28). The van der Waals surface area contributed by atoms with Gasteiger partial charge in [-0.3, -0.25) is 14.4 Å². The van der Waals surface area contributed by atoms with Gasteiger partial charge in [-0.1, -0.05) is 12.1 Å². The third-order valence-corrected chi connectivity index (χ3v) is 4.55. The van der Waals surface area contributed by atoms with E-state index >= 15 is 0 Å². The lowest BCUT2D eigenvalue weighted by molar-refractivity contribution is -0.147. The topological polar surface area (TPSA) is 114 Å². The van der Waals surface area contributed by atoms with Gasteiger partial charge in [0.05, 0.1) is 7.11 Å². The Kier molecular flexibility index (Phi) is 6.90. The predicted octanol–water partition coefficient (Wildman–Crippen LogP) is 2.41. The molecule has 8 nitrogen and oxygen atoms in total. The summed E-state index contributed by atoms with van der Waals surface area (Å²) < 4.78 is 9.97. The number of aromatic hydroxyl groups is 1. The molecule has 0 saturated heterocycles. The molecule has 3 N–H and O–H groups in total. The van der Waals surface area contributed by atoms with Gasteiger partial charge in [-0.05, 0) is 55.2 Å². The van der Waals surface area contributed by atoms with Gasteiger partial charge in [-0.25, -0.2) is 0 Å². The Morgan fingerprint density at radius 2 is 1.93 bits per heavy atom. The van der Waals surface area contributed by atoms with Gasteiger partial charge in [0.1, 0.15) is 0 Å². The van der Waals surface area contributed by atoms with E-state index in [2.05, 4.69) is 10.6 Å². The summed E-state index contributed by atoms with van der Waals surface area (Å²) in [6.45, 7) is -0.425. The molecule has 2 amide bonds. The summed E-state index contributed by atoms with van der Waals surface area (Å²) in [5.74, 6) is -0.851. The van der Waals surface area contributed by atoms with Crippen LogP contribution >= 0.6 is 0 Å². The Morgan fingerprint density at radius 1 is 1.13 bits per heavy atom. The van der Waals surface area contributed by atoms with Crippen LogP contribution in [-0.4, -0.2) is 42.6 Å². The largest absolute Gasteiger partial charge is 0.504 e. The molecule has 2 aromatic carbocycles. The van der Waals surface area contributed by atoms with Crippen LogP contribution in [0.4, 0.5) is 5.69 Å². The maximum atomic E-state index is 12.1. The first kappa shape index (κ1) is 21.2. The number of methoxy groups -OCH3 is 1. The number of rotatable bonds is 9. The molecule has 1 saturated carbocycles. The van der Waals surface area contributed by atoms with Crippen molar-refractivity contribution in [3.05, 3.63) is 53.6 Å². The van der Waals surface area contributed by atoms with E-state index in [0.29, 0.717) is 23.4 Å². The van der Waals surface area contributed by atoms with Crippen LogP contribution in [0.3, 0.4) is 0 Å². The monoisotopic (exact) mass is 412 g/mol. The Hall–Kier alpha value is -3.55. The second-order valence-electron chi connectivity index (χ2n) is 7.04. The summed E-state index contributed by atoms with van der Waals surface area (Å²) in [6.07, 6.45) is 2.41.